The second-order valence-electron chi connectivity index (χ2n) is 9.13. The fourth-order valence-electron chi connectivity index (χ4n) is 4.21. The standard InChI is InChI=1S/C27H33NO6/c1-19(2)16-32-22-7-4-20(14-24(22)30-3)5-9-26(29)28-17-27(10-12-31-13-11-27)21-6-8-23-25(15-21)34-18-33-23/h4-9,14-15,19H,10-13,16-18H2,1-3H3,(H,28,29)/b9-5+. The quantitative estimate of drug-likeness (QED) is 0.553. The summed E-state index contributed by atoms with van der Waals surface area (Å²) in [7, 11) is 1.61. The summed E-state index contributed by atoms with van der Waals surface area (Å²) in [5.41, 5.74) is 1.79. The van der Waals surface area contributed by atoms with Gasteiger partial charge < -0.3 is 29.0 Å². The number of amides is 1. The highest BCUT2D eigenvalue weighted by atomic mass is 16.7. The normalized spacial score (nSPS) is 16.6. The molecule has 34 heavy (non-hydrogen) atoms. The Hall–Kier alpha value is -3.19. The van der Waals surface area contributed by atoms with Crippen LogP contribution in [0.15, 0.2) is 42.5 Å². The van der Waals surface area contributed by atoms with Crippen molar-refractivity contribution in [3.8, 4) is 23.0 Å². The lowest BCUT2D eigenvalue weighted by molar-refractivity contribution is -0.116. The van der Waals surface area contributed by atoms with Crippen LogP contribution in [-0.2, 0) is 14.9 Å². The van der Waals surface area contributed by atoms with E-state index in [-0.39, 0.29) is 18.1 Å². The number of nitrogens with one attached hydrogen (secondary N) is 1. The Morgan fingerprint density at radius 2 is 1.88 bits per heavy atom. The number of benzene rings is 2. The van der Waals surface area contributed by atoms with E-state index in [0.29, 0.717) is 43.8 Å². The van der Waals surface area contributed by atoms with Crippen molar-refractivity contribution < 1.29 is 28.5 Å². The first-order chi connectivity index (χ1) is 16.5. The third-order valence-corrected chi connectivity index (χ3v) is 6.22. The van der Waals surface area contributed by atoms with Gasteiger partial charge in [-0.3, -0.25) is 4.79 Å². The van der Waals surface area contributed by atoms with Gasteiger partial charge in [-0.15, -0.1) is 0 Å². The first-order valence-electron chi connectivity index (χ1n) is 11.7. The predicted molar refractivity (Wildman–Crippen MR) is 130 cm³/mol. The fourth-order valence-corrected chi connectivity index (χ4v) is 4.21. The predicted octanol–water partition coefficient (Wildman–Crippen LogP) is 4.34. The van der Waals surface area contributed by atoms with Crippen molar-refractivity contribution in [1.82, 2.24) is 5.32 Å². The van der Waals surface area contributed by atoms with E-state index in [2.05, 4.69) is 25.2 Å². The topological polar surface area (TPSA) is 75.3 Å². The van der Waals surface area contributed by atoms with Gasteiger partial charge >= 0.3 is 0 Å². The fraction of sp³-hybridized carbons (Fsp3) is 0.444. The van der Waals surface area contributed by atoms with Crippen LogP contribution in [0.3, 0.4) is 0 Å². The first-order valence-corrected chi connectivity index (χ1v) is 11.7. The molecule has 1 fully saturated rings. The maximum absolute atomic E-state index is 12.7. The SMILES string of the molecule is COc1cc(/C=C/C(=O)NCC2(c3ccc4c(c3)OCO4)CCOCC2)ccc1OCC(C)C. The molecule has 2 aromatic rings. The van der Waals surface area contributed by atoms with Crippen LogP contribution in [-0.4, -0.2) is 46.2 Å². The molecule has 2 heterocycles. The van der Waals surface area contributed by atoms with Crippen molar-refractivity contribution >= 4 is 12.0 Å². The highest BCUT2D eigenvalue weighted by molar-refractivity contribution is 5.91. The zero-order chi connectivity index (χ0) is 24.0. The number of fused-ring (bicyclic) bond motifs is 1. The number of hydrogen-bond acceptors (Lipinski definition) is 6. The van der Waals surface area contributed by atoms with Gasteiger partial charge in [0.05, 0.1) is 13.7 Å². The molecule has 0 unspecified atom stereocenters. The summed E-state index contributed by atoms with van der Waals surface area (Å²) in [5.74, 6) is 3.13. The minimum absolute atomic E-state index is 0.147. The third kappa shape index (κ3) is 5.65. The van der Waals surface area contributed by atoms with Crippen LogP contribution in [0.5, 0.6) is 23.0 Å². The average Bonchev–Trinajstić information content (AvgIpc) is 3.33. The number of ether oxygens (including phenoxy) is 5. The Morgan fingerprint density at radius 3 is 2.65 bits per heavy atom. The van der Waals surface area contributed by atoms with E-state index in [4.69, 9.17) is 23.7 Å². The molecule has 0 bridgehead atoms. The summed E-state index contributed by atoms with van der Waals surface area (Å²) in [6.07, 6.45) is 4.98. The second kappa shape index (κ2) is 10.8. The summed E-state index contributed by atoms with van der Waals surface area (Å²) >= 11 is 0. The van der Waals surface area contributed by atoms with Crippen LogP contribution in [0.25, 0.3) is 6.08 Å². The van der Waals surface area contributed by atoms with E-state index in [1.54, 1.807) is 19.3 Å². The van der Waals surface area contributed by atoms with E-state index in [1.807, 2.05) is 30.3 Å². The molecule has 7 nitrogen and oxygen atoms in total. The molecule has 2 aliphatic heterocycles. The van der Waals surface area contributed by atoms with Crippen molar-refractivity contribution in [3.63, 3.8) is 0 Å². The number of carbonyl (C=O) groups is 1. The van der Waals surface area contributed by atoms with E-state index in [9.17, 15) is 4.79 Å². The largest absolute Gasteiger partial charge is 0.493 e. The zero-order valence-corrected chi connectivity index (χ0v) is 20.1. The number of hydrogen-bond donors (Lipinski definition) is 1. The van der Waals surface area contributed by atoms with Gasteiger partial charge in [0.25, 0.3) is 0 Å². The molecule has 182 valence electrons. The van der Waals surface area contributed by atoms with Crippen molar-refractivity contribution in [1.29, 1.82) is 0 Å². The van der Waals surface area contributed by atoms with Gasteiger partial charge in [-0.05, 0) is 60.2 Å². The highest BCUT2D eigenvalue weighted by Gasteiger charge is 2.36. The third-order valence-electron chi connectivity index (χ3n) is 6.22. The Morgan fingerprint density at radius 1 is 1.09 bits per heavy atom. The smallest absolute Gasteiger partial charge is 0.244 e. The minimum atomic E-state index is -0.207. The molecule has 1 amide bonds. The summed E-state index contributed by atoms with van der Waals surface area (Å²) in [6, 6.07) is 11.7. The summed E-state index contributed by atoms with van der Waals surface area (Å²) in [5, 5.41) is 3.09. The molecule has 0 atom stereocenters. The van der Waals surface area contributed by atoms with Gasteiger partial charge in [0, 0.05) is 31.2 Å². The van der Waals surface area contributed by atoms with Gasteiger partial charge in [0.2, 0.25) is 12.7 Å². The lowest BCUT2D eigenvalue weighted by atomic mass is 9.74. The lowest BCUT2D eigenvalue weighted by Crippen LogP contribution is -2.44. The van der Waals surface area contributed by atoms with Gasteiger partial charge in [-0.1, -0.05) is 26.0 Å². The number of carbonyl (C=O) groups excluding carboxylic acids is 1. The summed E-state index contributed by atoms with van der Waals surface area (Å²) in [4.78, 5) is 12.7. The molecule has 1 saturated heterocycles. The highest BCUT2D eigenvalue weighted by Crippen LogP contribution is 2.40. The number of methoxy groups -OCH3 is 1. The lowest BCUT2D eigenvalue weighted by Gasteiger charge is -2.38. The molecule has 0 saturated carbocycles. The molecule has 2 aromatic carbocycles. The van der Waals surface area contributed by atoms with E-state index in [1.165, 1.54) is 0 Å². The molecular weight excluding hydrogens is 434 g/mol. The molecule has 0 radical (unpaired) electrons. The maximum atomic E-state index is 12.7. The summed E-state index contributed by atoms with van der Waals surface area (Å²) in [6.45, 7) is 6.88. The Kier molecular flexibility index (Phi) is 7.63. The molecule has 1 N–H and O–H groups in total. The van der Waals surface area contributed by atoms with Crippen molar-refractivity contribution in [3.05, 3.63) is 53.6 Å². The molecule has 7 heteroatoms. The van der Waals surface area contributed by atoms with Crippen LogP contribution in [0.4, 0.5) is 0 Å². The first kappa shape index (κ1) is 24.0. The average molecular weight is 468 g/mol. The van der Waals surface area contributed by atoms with Crippen LogP contribution in [0.2, 0.25) is 0 Å². The Bertz CT molecular complexity index is 1030. The Balaban J connectivity index is 1.41. The Labute approximate surface area is 201 Å². The van der Waals surface area contributed by atoms with Gasteiger partial charge in [-0.25, -0.2) is 0 Å². The molecular formula is C27H33NO6. The minimum Gasteiger partial charge on any atom is -0.493 e. The van der Waals surface area contributed by atoms with Crippen molar-refractivity contribution in [2.45, 2.75) is 32.1 Å². The zero-order valence-electron chi connectivity index (χ0n) is 20.1. The van der Waals surface area contributed by atoms with E-state index in [0.717, 1.165) is 35.5 Å². The van der Waals surface area contributed by atoms with Gasteiger partial charge in [0.15, 0.2) is 23.0 Å². The second-order valence-corrected chi connectivity index (χ2v) is 9.13. The van der Waals surface area contributed by atoms with Crippen LogP contribution in [0, 0.1) is 5.92 Å². The molecule has 2 aliphatic rings. The van der Waals surface area contributed by atoms with Crippen LogP contribution in [0.1, 0.15) is 37.8 Å². The van der Waals surface area contributed by atoms with Crippen LogP contribution >= 0.6 is 0 Å². The van der Waals surface area contributed by atoms with E-state index < -0.39 is 0 Å². The monoisotopic (exact) mass is 467 g/mol. The molecule has 0 spiro atoms. The maximum Gasteiger partial charge on any atom is 0.244 e. The molecule has 0 aromatic heterocycles. The van der Waals surface area contributed by atoms with Gasteiger partial charge in [0.1, 0.15) is 0 Å². The van der Waals surface area contributed by atoms with Gasteiger partial charge in [-0.2, -0.15) is 0 Å². The van der Waals surface area contributed by atoms with E-state index >= 15 is 0 Å². The summed E-state index contributed by atoms with van der Waals surface area (Å²) < 4.78 is 27.9. The molecule has 4 rings (SSSR count). The molecule has 0 aliphatic carbocycles. The van der Waals surface area contributed by atoms with Crippen molar-refractivity contribution in [2.24, 2.45) is 5.92 Å². The van der Waals surface area contributed by atoms with Crippen LogP contribution < -0.4 is 24.3 Å². The number of rotatable bonds is 9. The van der Waals surface area contributed by atoms with Crippen molar-refractivity contribution in [2.75, 3.05) is 40.3 Å².